The van der Waals surface area contributed by atoms with Crippen molar-refractivity contribution < 1.29 is 0 Å². The third-order valence-electron chi connectivity index (χ3n) is 7.39. The summed E-state index contributed by atoms with van der Waals surface area (Å²) in [5, 5.41) is 0.773. The zero-order chi connectivity index (χ0) is 21.4. The Kier molecular flexibility index (Phi) is 6.04. The molecular weight excluding hydrogens is 408 g/mol. The van der Waals surface area contributed by atoms with Crippen molar-refractivity contribution in [1.82, 2.24) is 24.6 Å². The molecular formula is C24H33ClN6. The third kappa shape index (κ3) is 4.01. The number of halogens is 1. The first-order valence-electron chi connectivity index (χ1n) is 11.7. The second-order valence-corrected chi connectivity index (χ2v) is 9.43. The molecule has 2 saturated heterocycles. The van der Waals surface area contributed by atoms with Crippen molar-refractivity contribution in [2.24, 2.45) is 4.99 Å². The minimum absolute atomic E-state index is 0.262. The van der Waals surface area contributed by atoms with Gasteiger partial charge in [-0.3, -0.25) is 14.9 Å². The minimum Gasteiger partial charge on any atom is -0.355 e. The van der Waals surface area contributed by atoms with Crippen LogP contribution in [0.5, 0.6) is 0 Å². The normalized spacial score (nSPS) is 29.7. The lowest BCUT2D eigenvalue weighted by Crippen LogP contribution is -2.51. The van der Waals surface area contributed by atoms with Gasteiger partial charge in [0.15, 0.2) is 0 Å². The van der Waals surface area contributed by atoms with Crippen LogP contribution in [0, 0.1) is 0 Å². The lowest BCUT2D eigenvalue weighted by atomic mass is 9.90. The van der Waals surface area contributed by atoms with Gasteiger partial charge >= 0.3 is 0 Å². The molecule has 7 heteroatoms. The molecule has 0 bridgehead atoms. The standard InChI is InChI=1S/C24H33ClN6/c1-3-29-13-15-30(16-14-29)23-11-5-10-22-27-19(17-31(22)23)20-8-4-9-21(28(20)2)24-18(25)7-6-12-26-24/h5-7,10-12,19-21H,3-4,8-9,13-17H2,1-2H3/t19?,20-,21+/m1/s1. The number of amidine groups is 1. The molecule has 3 atom stereocenters. The SMILES string of the molecule is CCN1CCN(C2=CC=CC3=NC([C@H]4CCC[C@@H](c5ncccc5Cl)N4C)CN23)CC1. The number of aliphatic imine (C=N–C) groups is 1. The van der Waals surface area contributed by atoms with Crippen LogP contribution in [0.3, 0.4) is 0 Å². The minimum atomic E-state index is 0.262. The lowest BCUT2D eigenvalue weighted by molar-refractivity contribution is 0.0905. The fraction of sp³-hybridized carbons (Fsp3) is 0.583. The predicted molar refractivity (Wildman–Crippen MR) is 126 cm³/mol. The summed E-state index contributed by atoms with van der Waals surface area (Å²) in [5.41, 5.74) is 1.01. The van der Waals surface area contributed by atoms with Crippen LogP contribution in [0.15, 0.2) is 47.4 Å². The average Bonchev–Trinajstić information content (AvgIpc) is 3.24. The molecule has 0 radical (unpaired) electrons. The molecule has 0 spiro atoms. The van der Waals surface area contributed by atoms with Crippen LogP contribution < -0.4 is 0 Å². The molecule has 0 aromatic carbocycles. The molecule has 0 saturated carbocycles. The molecule has 166 valence electrons. The van der Waals surface area contributed by atoms with Gasteiger partial charge in [-0.25, -0.2) is 0 Å². The van der Waals surface area contributed by atoms with Crippen LogP contribution in [-0.4, -0.2) is 88.8 Å². The van der Waals surface area contributed by atoms with E-state index in [2.05, 4.69) is 56.8 Å². The van der Waals surface area contributed by atoms with Crippen molar-refractivity contribution in [3.63, 3.8) is 0 Å². The number of aromatic nitrogens is 1. The Morgan fingerprint density at radius 3 is 2.77 bits per heavy atom. The number of likely N-dealkylation sites (tertiary alicyclic amines) is 1. The van der Waals surface area contributed by atoms with E-state index >= 15 is 0 Å². The van der Waals surface area contributed by atoms with Crippen molar-refractivity contribution in [1.29, 1.82) is 0 Å². The number of piperidine rings is 1. The Hall–Kier alpha value is -1.89. The quantitative estimate of drug-likeness (QED) is 0.717. The van der Waals surface area contributed by atoms with Crippen molar-refractivity contribution >= 4 is 17.4 Å². The van der Waals surface area contributed by atoms with Crippen LogP contribution in [0.2, 0.25) is 5.02 Å². The molecule has 6 nitrogen and oxygen atoms in total. The van der Waals surface area contributed by atoms with Gasteiger partial charge in [0, 0.05) is 45.0 Å². The Morgan fingerprint density at radius 1 is 1.16 bits per heavy atom. The van der Waals surface area contributed by atoms with E-state index in [9.17, 15) is 0 Å². The zero-order valence-electron chi connectivity index (χ0n) is 18.6. The highest BCUT2D eigenvalue weighted by Gasteiger charge is 2.40. The third-order valence-corrected chi connectivity index (χ3v) is 7.71. The number of rotatable bonds is 4. The Bertz CT molecular complexity index is 888. The maximum Gasteiger partial charge on any atom is 0.129 e. The number of pyridine rings is 1. The molecule has 4 aliphatic heterocycles. The Morgan fingerprint density at radius 2 is 2.00 bits per heavy atom. The summed E-state index contributed by atoms with van der Waals surface area (Å²) >= 11 is 6.51. The number of fused-ring (bicyclic) bond motifs is 1. The number of piperazine rings is 1. The molecule has 0 aliphatic carbocycles. The predicted octanol–water partition coefficient (Wildman–Crippen LogP) is 3.39. The first kappa shape index (κ1) is 21.0. The van der Waals surface area contributed by atoms with E-state index in [1.165, 1.54) is 18.7 Å². The van der Waals surface area contributed by atoms with Gasteiger partial charge < -0.3 is 14.7 Å². The Balaban J connectivity index is 1.31. The van der Waals surface area contributed by atoms with Gasteiger partial charge in [0.05, 0.1) is 22.8 Å². The van der Waals surface area contributed by atoms with E-state index in [0.29, 0.717) is 6.04 Å². The molecule has 4 aliphatic rings. The summed E-state index contributed by atoms with van der Waals surface area (Å²) < 4.78 is 0. The summed E-state index contributed by atoms with van der Waals surface area (Å²) in [4.78, 5) is 19.8. The van der Waals surface area contributed by atoms with Gasteiger partial charge in [-0.05, 0) is 57.1 Å². The van der Waals surface area contributed by atoms with Gasteiger partial charge in [-0.15, -0.1) is 0 Å². The molecule has 1 unspecified atom stereocenters. The summed E-state index contributed by atoms with van der Waals surface area (Å²) in [5.74, 6) is 2.44. The summed E-state index contributed by atoms with van der Waals surface area (Å²) in [6.45, 7) is 8.80. The van der Waals surface area contributed by atoms with E-state index < -0.39 is 0 Å². The van der Waals surface area contributed by atoms with Gasteiger partial charge in [-0.2, -0.15) is 0 Å². The van der Waals surface area contributed by atoms with E-state index in [4.69, 9.17) is 16.6 Å². The van der Waals surface area contributed by atoms with Crippen LogP contribution in [0.4, 0.5) is 0 Å². The van der Waals surface area contributed by atoms with E-state index in [0.717, 1.165) is 62.2 Å². The van der Waals surface area contributed by atoms with Crippen molar-refractivity contribution in [2.75, 3.05) is 46.3 Å². The molecule has 31 heavy (non-hydrogen) atoms. The summed E-state index contributed by atoms with van der Waals surface area (Å²) in [7, 11) is 2.23. The van der Waals surface area contributed by atoms with E-state index in [1.54, 1.807) is 0 Å². The number of nitrogens with zero attached hydrogens (tertiary/aromatic N) is 6. The molecule has 5 rings (SSSR count). The van der Waals surface area contributed by atoms with Crippen LogP contribution in [0.1, 0.15) is 37.9 Å². The van der Waals surface area contributed by atoms with Crippen LogP contribution >= 0.6 is 11.6 Å². The lowest BCUT2D eigenvalue weighted by Gasteiger charge is -2.42. The topological polar surface area (TPSA) is 38.2 Å². The highest BCUT2D eigenvalue weighted by molar-refractivity contribution is 6.31. The van der Waals surface area contributed by atoms with Crippen molar-refractivity contribution in [3.8, 4) is 0 Å². The fourth-order valence-corrected chi connectivity index (χ4v) is 5.83. The number of hydrogen-bond acceptors (Lipinski definition) is 6. The van der Waals surface area contributed by atoms with Gasteiger partial charge in [0.25, 0.3) is 0 Å². The molecule has 1 aromatic rings. The average molecular weight is 441 g/mol. The van der Waals surface area contributed by atoms with Gasteiger partial charge in [0.1, 0.15) is 11.7 Å². The van der Waals surface area contributed by atoms with Crippen molar-refractivity contribution in [3.05, 3.63) is 53.1 Å². The molecule has 0 amide bonds. The maximum atomic E-state index is 6.51. The molecule has 2 fully saturated rings. The monoisotopic (exact) mass is 440 g/mol. The van der Waals surface area contributed by atoms with Crippen LogP contribution in [-0.2, 0) is 0 Å². The fourth-order valence-electron chi connectivity index (χ4n) is 5.59. The highest BCUT2D eigenvalue weighted by Crippen LogP contribution is 2.38. The zero-order valence-corrected chi connectivity index (χ0v) is 19.4. The highest BCUT2D eigenvalue weighted by atomic mass is 35.5. The number of allylic oxidation sites excluding steroid dienone is 2. The second kappa shape index (κ2) is 8.93. The van der Waals surface area contributed by atoms with E-state index in [1.807, 2.05) is 18.3 Å². The molecule has 1 aromatic heterocycles. The summed E-state index contributed by atoms with van der Waals surface area (Å²) in [6.07, 6.45) is 11.9. The number of hydrogen-bond donors (Lipinski definition) is 0. The van der Waals surface area contributed by atoms with E-state index in [-0.39, 0.29) is 12.1 Å². The second-order valence-electron chi connectivity index (χ2n) is 9.02. The first-order chi connectivity index (χ1) is 15.2. The first-order valence-corrected chi connectivity index (χ1v) is 12.1. The smallest absolute Gasteiger partial charge is 0.129 e. The number of likely N-dealkylation sites (N-methyl/N-ethyl adjacent to an activating group) is 2. The van der Waals surface area contributed by atoms with Gasteiger partial charge in [0.2, 0.25) is 0 Å². The molecule has 5 heterocycles. The van der Waals surface area contributed by atoms with Crippen molar-refractivity contribution in [2.45, 2.75) is 44.3 Å². The van der Waals surface area contributed by atoms with Crippen LogP contribution in [0.25, 0.3) is 0 Å². The van der Waals surface area contributed by atoms with Gasteiger partial charge in [-0.1, -0.05) is 24.6 Å². The molecule has 0 N–H and O–H groups in total. The Labute approximate surface area is 190 Å². The summed E-state index contributed by atoms with van der Waals surface area (Å²) in [6, 6.07) is 4.80. The maximum absolute atomic E-state index is 6.51. The largest absolute Gasteiger partial charge is 0.355 e.